The number of aliphatic carboxylic acids is 1. The fourth-order valence-corrected chi connectivity index (χ4v) is 0.873. The van der Waals surface area contributed by atoms with E-state index in [4.69, 9.17) is 9.84 Å². The summed E-state index contributed by atoms with van der Waals surface area (Å²) in [5.74, 6) is -0.770. The Morgan fingerprint density at radius 2 is 2.09 bits per heavy atom. The molecule has 0 radical (unpaired) electrons. The van der Waals surface area contributed by atoms with E-state index in [0.29, 0.717) is 6.61 Å². The minimum absolute atomic E-state index is 0.0902. The standard InChI is InChI=1S/C8H16O3/c1-4-6(3)7(8(9)10)11-5-2/h6-7H,4-5H2,1-3H3,(H,9,10)/t6?,7-/m0/s1. The molecule has 0 aromatic heterocycles. The molecule has 0 heterocycles. The van der Waals surface area contributed by atoms with Crippen LogP contribution in [-0.4, -0.2) is 23.8 Å². The summed E-state index contributed by atoms with van der Waals surface area (Å²) in [6.45, 7) is 6.10. The second-order valence-electron chi connectivity index (χ2n) is 2.60. The van der Waals surface area contributed by atoms with Crippen LogP contribution in [-0.2, 0) is 9.53 Å². The van der Waals surface area contributed by atoms with Crippen molar-refractivity contribution >= 4 is 5.97 Å². The molecule has 0 rings (SSSR count). The Labute approximate surface area is 67.4 Å². The Balaban J connectivity index is 3.97. The highest BCUT2D eigenvalue weighted by atomic mass is 16.5. The van der Waals surface area contributed by atoms with Gasteiger partial charge in [-0.05, 0) is 12.8 Å². The summed E-state index contributed by atoms with van der Waals surface area (Å²) in [5.41, 5.74) is 0. The van der Waals surface area contributed by atoms with E-state index >= 15 is 0 Å². The quantitative estimate of drug-likeness (QED) is 0.663. The highest BCUT2D eigenvalue weighted by Gasteiger charge is 2.22. The van der Waals surface area contributed by atoms with E-state index in [0.717, 1.165) is 6.42 Å². The van der Waals surface area contributed by atoms with Gasteiger partial charge < -0.3 is 9.84 Å². The van der Waals surface area contributed by atoms with Gasteiger partial charge in [-0.3, -0.25) is 0 Å². The molecule has 1 N–H and O–H groups in total. The van der Waals surface area contributed by atoms with E-state index in [-0.39, 0.29) is 5.92 Å². The molecule has 3 nitrogen and oxygen atoms in total. The molecule has 2 atom stereocenters. The third kappa shape index (κ3) is 3.37. The Morgan fingerprint density at radius 3 is 2.36 bits per heavy atom. The van der Waals surface area contributed by atoms with Crippen molar-refractivity contribution in [1.29, 1.82) is 0 Å². The van der Waals surface area contributed by atoms with Crippen LogP contribution in [0.5, 0.6) is 0 Å². The Kier molecular flexibility index (Phi) is 4.86. The third-order valence-electron chi connectivity index (χ3n) is 1.75. The first-order valence-corrected chi connectivity index (χ1v) is 3.97. The van der Waals surface area contributed by atoms with E-state index in [1.54, 1.807) is 6.92 Å². The zero-order valence-corrected chi connectivity index (χ0v) is 7.33. The first kappa shape index (κ1) is 10.4. The molecule has 0 bridgehead atoms. The van der Waals surface area contributed by atoms with Crippen molar-refractivity contribution in [3.8, 4) is 0 Å². The van der Waals surface area contributed by atoms with E-state index in [2.05, 4.69) is 0 Å². The highest BCUT2D eigenvalue weighted by molar-refractivity contribution is 5.72. The van der Waals surface area contributed by atoms with Crippen molar-refractivity contribution in [2.45, 2.75) is 33.3 Å². The molecular formula is C8H16O3. The van der Waals surface area contributed by atoms with Crippen LogP contribution < -0.4 is 0 Å². The molecule has 66 valence electrons. The van der Waals surface area contributed by atoms with Crippen LogP contribution in [0.25, 0.3) is 0 Å². The van der Waals surface area contributed by atoms with Crippen LogP contribution in [0.2, 0.25) is 0 Å². The molecule has 0 saturated carbocycles. The lowest BCUT2D eigenvalue weighted by atomic mass is 10.0. The lowest BCUT2D eigenvalue weighted by Gasteiger charge is -2.17. The summed E-state index contributed by atoms with van der Waals surface area (Å²) in [6, 6.07) is 0. The van der Waals surface area contributed by atoms with E-state index in [1.807, 2.05) is 13.8 Å². The van der Waals surface area contributed by atoms with Crippen molar-refractivity contribution in [3.05, 3.63) is 0 Å². The summed E-state index contributed by atoms with van der Waals surface area (Å²) in [5, 5.41) is 8.68. The fraction of sp³-hybridized carbons (Fsp3) is 0.875. The van der Waals surface area contributed by atoms with Gasteiger partial charge in [0.2, 0.25) is 0 Å². The molecule has 0 amide bonds. The minimum Gasteiger partial charge on any atom is -0.479 e. The Hall–Kier alpha value is -0.570. The topological polar surface area (TPSA) is 46.5 Å². The maximum Gasteiger partial charge on any atom is 0.333 e. The van der Waals surface area contributed by atoms with Gasteiger partial charge in [0.05, 0.1) is 0 Å². The summed E-state index contributed by atoms with van der Waals surface area (Å²) in [6.07, 6.45) is 0.196. The number of carboxylic acid groups (broad SMARTS) is 1. The molecule has 0 aliphatic carbocycles. The zero-order valence-electron chi connectivity index (χ0n) is 7.33. The van der Waals surface area contributed by atoms with Gasteiger partial charge in [0.15, 0.2) is 6.10 Å². The Morgan fingerprint density at radius 1 is 1.55 bits per heavy atom. The molecule has 0 fully saturated rings. The van der Waals surface area contributed by atoms with Gasteiger partial charge in [0.25, 0.3) is 0 Å². The number of rotatable bonds is 5. The lowest BCUT2D eigenvalue weighted by molar-refractivity contribution is -0.153. The normalized spacial score (nSPS) is 15.9. The van der Waals surface area contributed by atoms with Crippen molar-refractivity contribution < 1.29 is 14.6 Å². The highest BCUT2D eigenvalue weighted by Crippen LogP contribution is 2.11. The second kappa shape index (κ2) is 5.13. The van der Waals surface area contributed by atoms with Gasteiger partial charge in [-0.1, -0.05) is 20.3 Å². The summed E-state index contributed by atoms with van der Waals surface area (Å²) < 4.78 is 5.06. The number of ether oxygens (including phenoxy) is 1. The molecule has 0 saturated heterocycles. The predicted molar refractivity (Wildman–Crippen MR) is 42.5 cm³/mol. The van der Waals surface area contributed by atoms with Crippen molar-refractivity contribution in [3.63, 3.8) is 0 Å². The van der Waals surface area contributed by atoms with Crippen LogP contribution in [0.1, 0.15) is 27.2 Å². The first-order valence-electron chi connectivity index (χ1n) is 3.97. The average molecular weight is 160 g/mol. The molecule has 0 aliphatic heterocycles. The molecule has 11 heavy (non-hydrogen) atoms. The smallest absolute Gasteiger partial charge is 0.333 e. The molecule has 3 heteroatoms. The molecule has 0 aromatic rings. The van der Waals surface area contributed by atoms with Gasteiger partial charge in [0, 0.05) is 6.61 Å². The predicted octanol–water partition coefficient (Wildman–Crippen LogP) is 1.52. The van der Waals surface area contributed by atoms with Crippen LogP contribution in [0.4, 0.5) is 0 Å². The monoisotopic (exact) mass is 160 g/mol. The second-order valence-corrected chi connectivity index (χ2v) is 2.60. The van der Waals surface area contributed by atoms with Crippen molar-refractivity contribution in [2.75, 3.05) is 6.61 Å². The third-order valence-corrected chi connectivity index (χ3v) is 1.75. The van der Waals surface area contributed by atoms with Crippen molar-refractivity contribution in [2.24, 2.45) is 5.92 Å². The van der Waals surface area contributed by atoms with Crippen LogP contribution in [0.3, 0.4) is 0 Å². The largest absolute Gasteiger partial charge is 0.479 e. The number of carbonyl (C=O) groups is 1. The van der Waals surface area contributed by atoms with E-state index < -0.39 is 12.1 Å². The summed E-state index contributed by atoms with van der Waals surface area (Å²) >= 11 is 0. The van der Waals surface area contributed by atoms with Gasteiger partial charge in [-0.25, -0.2) is 4.79 Å². The van der Waals surface area contributed by atoms with Gasteiger partial charge in [-0.2, -0.15) is 0 Å². The SMILES string of the molecule is CCO[C@H](C(=O)O)C(C)CC. The summed E-state index contributed by atoms with van der Waals surface area (Å²) in [7, 11) is 0. The number of carboxylic acids is 1. The van der Waals surface area contributed by atoms with Gasteiger partial charge in [0.1, 0.15) is 0 Å². The average Bonchev–Trinajstić information content (AvgIpc) is 1.98. The van der Waals surface area contributed by atoms with Crippen LogP contribution in [0.15, 0.2) is 0 Å². The molecule has 1 unspecified atom stereocenters. The lowest BCUT2D eigenvalue weighted by Crippen LogP contribution is -2.30. The first-order chi connectivity index (χ1) is 5.13. The maximum absolute atomic E-state index is 10.6. The van der Waals surface area contributed by atoms with Gasteiger partial charge >= 0.3 is 5.97 Å². The fourth-order valence-electron chi connectivity index (χ4n) is 0.873. The molecule has 0 aliphatic rings. The zero-order chi connectivity index (χ0) is 8.85. The maximum atomic E-state index is 10.6. The molecular weight excluding hydrogens is 144 g/mol. The minimum atomic E-state index is -0.860. The van der Waals surface area contributed by atoms with E-state index in [9.17, 15) is 4.79 Å². The number of hydrogen-bond donors (Lipinski definition) is 1. The van der Waals surface area contributed by atoms with E-state index in [1.165, 1.54) is 0 Å². The van der Waals surface area contributed by atoms with Gasteiger partial charge in [-0.15, -0.1) is 0 Å². The Bertz CT molecular complexity index is 123. The molecule has 0 aromatic carbocycles. The van der Waals surface area contributed by atoms with Crippen LogP contribution >= 0.6 is 0 Å². The summed E-state index contributed by atoms with van der Waals surface area (Å²) in [4.78, 5) is 10.6. The van der Waals surface area contributed by atoms with Crippen LogP contribution in [0, 0.1) is 5.92 Å². The van der Waals surface area contributed by atoms with Crippen molar-refractivity contribution in [1.82, 2.24) is 0 Å². The molecule has 0 spiro atoms. The number of hydrogen-bond acceptors (Lipinski definition) is 2.